The van der Waals surface area contributed by atoms with Crippen molar-refractivity contribution in [2.75, 3.05) is 4.72 Å². The molecule has 1 heterocycles. The van der Waals surface area contributed by atoms with Crippen LogP contribution >= 0.6 is 0 Å². The molecule has 6 nitrogen and oxygen atoms in total. The molecule has 8 heteroatoms. The van der Waals surface area contributed by atoms with Gasteiger partial charge in [-0.3, -0.25) is 9.82 Å². The molecule has 0 unspecified atom stereocenters. The van der Waals surface area contributed by atoms with Crippen LogP contribution in [-0.2, 0) is 10.0 Å². The Morgan fingerprint density at radius 3 is 2.65 bits per heavy atom. The van der Waals surface area contributed by atoms with Gasteiger partial charge in [0.25, 0.3) is 10.0 Å². The molecule has 2 aromatic rings. The minimum absolute atomic E-state index is 0.0988. The van der Waals surface area contributed by atoms with Crippen LogP contribution in [-0.4, -0.2) is 18.6 Å². The Morgan fingerprint density at radius 2 is 2.05 bits per heavy atom. The van der Waals surface area contributed by atoms with Crippen LogP contribution in [0.5, 0.6) is 0 Å². The number of aromatic amines is 1. The number of nitriles is 1. The van der Waals surface area contributed by atoms with E-state index in [1.54, 1.807) is 13.8 Å². The summed E-state index contributed by atoms with van der Waals surface area (Å²) in [6, 6.07) is 5.30. The lowest BCUT2D eigenvalue weighted by atomic mass is 10.2. The third-order valence-corrected chi connectivity index (χ3v) is 3.93. The number of H-pyrrole nitrogens is 1. The van der Waals surface area contributed by atoms with Crippen LogP contribution in [0.25, 0.3) is 0 Å². The fourth-order valence-electron chi connectivity index (χ4n) is 1.68. The first kappa shape index (κ1) is 14.0. The second-order valence-corrected chi connectivity index (χ2v) is 5.94. The quantitative estimate of drug-likeness (QED) is 0.902. The van der Waals surface area contributed by atoms with Gasteiger partial charge in [0.05, 0.1) is 10.6 Å². The molecule has 0 fully saturated rings. The van der Waals surface area contributed by atoms with Crippen molar-refractivity contribution in [1.29, 1.82) is 5.26 Å². The van der Waals surface area contributed by atoms with Gasteiger partial charge in [0, 0.05) is 0 Å². The molecule has 20 heavy (non-hydrogen) atoms. The van der Waals surface area contributed by atoms with Crippen molar-refractivity contribution in [3.05, 3.63) is 40.8 Å². The number of nitrogens with one attached hydrogen (secondary N) is 2. The zero-order valence-electron chi connectivity index (χ0n) is 10.7. The van der Waals surface area contributed by atoms with Gasteiger partial charge in [-0.25, -0.2) is 12.8 Å². The Labute approximate surface area is 115 Å². The predicted molar refractivity (Wildman–Crippen MR) is 70.0 cm³/mol. The Bertz CT molecular complexity index is 785. The number of sulfonamides is 1. The summed E-state index contributed by atoms with van der Waals surface area (Å²) in [4.78, 5) is -0.223. The van der Waals surface area contributed by atoms with Crippen LogP contribution in [0, 0.1) is 31.0 Å². The van der Waals surface area contributed by atoms with E-state index >= 15 is 0 Å². The molecule has 0 aliphatic rings. The lowest BCUT2D eigenvalue weighted by molar-refractivity contribution is 0.594. The lowest BCUT2D eigenvalue weighted by Gasteiger charge is -2.07. The largest absolute Gasteiger partial charge is 0.279 e. The van der Waals surface area contributed by atoms with Crippen LogP contribution in [0.2, 0.25) is 0 Å². The van der Waals surface area contributed by atoms with Gasteiger partial charge in [0.2, 0.25) is 0 Å². The minimum Gasteiger partial charge on any atom is -0.279 e. The molecule has 0 saturated carbocycles. The fraction of sp³-hybridized carbons (Fsp3) is 0.167. The summed E-state index contributed by atoms with van der Waals surface area (Å²) >= 11 is 0. The van der Waals surface area contributed by atoms with Gasteiger partial charge >= 0.3 is 0 Å². The maximum Gasteiger partial charge on any atom is 0.263 e. The highest BCUT2D eigenvalue weighted by molar-refractivity contribution is 7.92. The molecule has 1 aromatic heterocycles. The van der Waals surface area contributed by atoms with Gasteiger partial charge in [0.15, 0.2) is 5.82 Å². The molecule has 1 aromatic carbocycles. The van der Waals surface area contributed by atoms with E-state index in [1.165, 1.54) is 12.1 Å². The topological polar surface area (TPSA) is 98.6 Å². The molecule has 104 valence electrons. The fourth-order valence-corrected chi connectivity index (χ4v) is 2.81. The summed E-state index contributed by atoms with van der Waals surface area (Å²) in [6.07, 6.45) is 0. The summed E-state index contributed by atoms with van der Waals surface area (Å²) in [6.45, 7) is 3.18. The molecule has 2 rings (SSSR count). The van der Waals surface area contributed by atoms with Crippen LogP contribution in [0.3, 0.4) is 0 Å². The molecule has 0 atom stereocenters. The average molecular weight is 294 g/mol. The monoisotopic (exact) mass is 294 g/mol. The first-order chi connectivity index (χ1) is 9.33. The van der Waals surface area contributed by atoms with Gasteiger partial charge in [-0.2, -0.15) is 10.4 Å². The second kappa shape index (κ2) is 4.94. The molecule has 0 bridgehead atoms. The van der Waals surface area contributed by atoms with Crippen LogP contribution < -0.4 is 4.72 Å². The number of hydrogen-bond donors (Lipinski definition) is 2. The molecular weight excluding hydrogens is 283 g/mol. The van der Waals surface area contributed by atoms with Crippen molar-refractivity contribution in [3.63, 3.8) is 0 Å². The molecular formula is C12H11FN4O2S. The van der Waals surface area contributed by atoms with E-state index in [-0.39, 0.29) is 16.3 Å². The van der Waals surface area contributed by atoms with Gasteiger partial charge in [0.1, 0.15) is 17.4 Å². The summed E-state index contributed by atoms with van der Waals surface area (Å²) < 4.78 is 39.7. The first-order valence-corrected chi connectivity index (χ1v) is 7.07. The van der Waals surface area contributed by atoms with Crippen molar-refractivity contribution < 1.29 is 12.8 Å². The Hall–Kier alpha value is -2.40. The minimum atomic E-state index is -4.00. The Morgan fingerprint density at radius 1 is 1.35 bits per heavy atom. The highest BCUT2D eigenvalue weighted by Gasteiger charge is 2.20. The molecule has 0 spiro atoms. The molecule has 2 N–H and O–H groups in total. The number of aromatic nitrogens is 2. The van der Waals surface area contributed by atoms with E-state index in [2.05, 4.69) is 14.9 Å². The number of hydrogen-bond acceptors (Lipinski definition) is 4. The zero-order valence-corrected chi connectivity index (χ0v) is 11.5. The van der Waals surface area contributed by atoms with E-state index in [4.69, 9.17) is 5.26 Å². The van der Waals surface area contributed by atoms with Crippen LogP contribution in [0.4, 0.5) is 10.2 Å². The number of halogens is 1. The van der Waals surface area contributed by atoms with E-state index in [0.717, 1.165) is 6.07 Å². The number of benzene rings is 1. The summed E-state index contributed by atoms with van der Waals surface area (Å²) in [5.74, 6) is -0.754. The van der Waals surface area contributed by atoms with E-state index < -0.39 is 15.8 Å². The van der Waals surface area contributed by atoms with Crippen molar-refractivity contribution in [2.45, 2.75) is 18.7 Å². The van der Waals surface area contributed by atoms with E-state index in [0.29, 0.717) is 11.3 Å². The maximum atomic E-state index is 13.3. The highest BCUT2D eigenvalue weighted by Crippen LogP contribution is 2.20. The lowest BCUT2D eigenvalue weighted by Crippen LogP contribution is -2.14. The normalized spacial score (nSPS) is 11.1. The van der Waals surface area contributed by atoms with Crippen LogP contribution in [0.1, 0.15) is 16.8 Å². The number of rotatable bonds is 3. The summed E-state index contributed by atoms with van der Waals surface area (Å²) in [5.41, 5.74) is 1.02. The summed E-state index contributed by atoms with van der Waals surface area (Å²) in [5, 5.41) is 15.2. The van der Waals surface area contributed by atoms with E-state index in [1.807, 2.05) is 6.07 Å². The third kappa shape index (κ3) is 2.62. The van der Waals surface area contributed by atoms with Crippen molar-refractivity contribution in [2.24, 2.45) is 0 Å². The molecule has 0 radical (unpaired) electrons. The molecule has 0 aliphatic heterocycles. The number of anilines is 1. The average Bonchev–Trinajstić information content (AvgIpc) is 2.68. The van der Waals surface area contributed by atoms with Gasteiger partial charge in [-0.15, -0.1) is 0 Å². The molecule has 0 aliphatic carbocycles. The standard InChI is InChI=1S/C12H11FN4O2S/c1-7-3-9(13)5-10(4-7)20(18,19)17-12-11(6-14)8(2)15-16-12/h3-5H,1-2H3,(H2,15,16,17). The summed E-state index contributed by atoms with van der Waals surface area (Å²) in [7, 11) is -4.00. The van der Waals surface area contributed by atoms with Crippen LogP contribution in [0.15, 0.2) is 23.1 Å². The smallest absolute Gasteiger partial charge is 0.263 e. The van der Waals surface area contributed by atoms with Gasteiger partial charge in [-0.05, 0) is 37.6 Å². The maximum absolute atomic E-state index is 13.3. The third-order valence-electron chi connectivity index (χ3n) is 2.62. The van der Waals surface area contributed by atoms with Crippen molar-refractivity contribution in [3.8, 4) is 6.07 Å². The Kier molecular flexibility index (Phi) is 3.46. The number of nitrogens with zero attached hydrogens (tertiary/aromatic N) is 2. The molecule has 0 saturated heterocycles. The van der Waals surface area contributed by atoms with Gasteiger partial charge in [-0.1, -0.05) is 0 Å². The van der Waals surface area contributed by atoms with E-state index in [9.17, 15) is 12.8 Å². The predicted octanol–water partition coefficient (Wildman–Crippen LogP) is 1.84. The molecule has 0 amide bonds. The van der Waals surface area contributed by atoms with Crippen molar-refractivity contribution >= 4 is 15.8 Å². The van der Waals surface area contributed by atoms with Crippen molar-refractivity contribution in [1.82, 2.24) is 10.2 Å². The first-order valence-electron chi connectivity index (χ1n) is 5.58. The van der Waals surface area contributed by atoms with Gasteiger partial charge < -0.3 is 0 Å². The highest BCUT2D eigenvalue weighted by atomic mass is 32.2. The second-order valence-electron chi connectivity index (χ2n) is 4.25. The SMILES string of the molecule is Cc1cc(F)cc(S(=O)(=O)Nc2n[nH]c(C)c2C#N)c1. The Balaban J connectivity index is 2.44. The zero-order chi connectivity index (χ0) is 14.9. The number of aryl methyl sites for hydroxylation is 2.